The van der Waals surface area contributed by atoms with Gasteiger partial charge in [0.15, 0.2) is 0 Å². The van der Waals surface area contributed by atoms with Gasteiger partial charge in [-0.15, -0.1) is 6.58 Å². The van der Waals surface area contributed by atoms with E-state index in [9.17, 15) is 8.42 Å². The number of nitrogens with two attached hydrogens (primary N) is 1. The second-order valence-corrected chi connectivity index (χ2v) is 8.99. The van der Waals surface area contributed by atoms with Crippen molar-refractivity contribution in [1.29, 1.82) is 0 Å². The molecule has 0 fully saturated rings. The molecule has 0 spiro atoms. The normalized spacial score (nSPS) is 12.4. The minimum absolute atomic E-state index is 0.142. The van der Waals surface area contributed by atoms with Gasteiger partial charge in [-0.1, -0.05) is 48.6 Å². The van der Waals surface area contributed by atoms with Gasteiger partial charge in [-0.2, -0.15) is 0 Å². The molecule has 1 heterocycles. The number of methoxy groups -OCH3 is 1. The Bertz CT molecular complexity index is 1160. The lowest BCUT2D eigenvalue weighted by molar-refractivity contribution is 0.414. The largest absolute Gasteiger partial charge is 0.497 e. The van der Waals surface area contributed by atoms with Crippen LogP contribution in [0.25, 0.3) is 12.2 Å². The molecule has 0 amide bonds. The van der Waals surface area contributed by atoms with E-state index in [-0.39, 0.29) is 13.1 Å². The highest BCUT2D eigenvalue weighted by Crippen LogP contribution is 2.33. The monoisotopic (exact) mass is 449 g/mol. The van der Waals surface area contributed by atoms with Crippen molar-refractivity contribution in [2.75, 3.05) is 24.5 Å². The summed E-state index contributed by atoms with van der Waals surface area (Å²) in [4.78, 5) is 4.02. The predicted octanol–water partition coefficient (Wildman–Crippen LogP) is 4.28. The van der Waals surface area contributed by atoms with Crippen LogP contribution in [0.3, 0.4) is 0 Å². The van der Waals surface area contributed by atoms with Crippen LogP contribution >= 0.6 is 0 Å². The van der Waals surface area contributed by atoms with E-state index in [4.69, 9.17) is 10.5 Å². The number of sulfonamides is 1. The number of pyridine rings is 1. The van der Waals surface area contributed by atoms with Crippen LogP contribution in [-0.2, 0) is 10.0 Å². The summed E-state index contributed by atoms with van der Waals surface area (Å²) in [5.41, 5.74) is 8.71. The van der Waals surface area contributed by atoms with E-state index in [0.29, 0.717) is 17.0 Å². The van der Waals surface area contributed by atoms with E-state index in [1.165, 1.54) is 10.4 Å². The SMILES string of the molecule is C=CC(c1ccc(OC)cc1)S(=O)(=O)N(CCN)c1ccccc1C=Cc1ccncc1. The molecule has 0 aliphatic rings. The van der Waals surface area contributed by atoms with Crippen molar-refractivity contribution in [2.45, 2.75) is 5.25 Å². The first kappa shape index (κ1) is 23.2. The number of aromatic nitrogens is 1. The average molecular weight is 450 g/mol. The van der Waals surface area contributed by atoms with Crippen LogP contribution in [-0.4, -0.2) is 33.6 Å². The van der Waals surface area contributed by atoms with Gasteiger partial charge in [0.05, 0.1) is 12.8 Å². The van der Waals surface area contributed by atoms with E-state index in [1.807, 2.05) is 42.5 Å². The third kappa shape index (κ3) is 5.25. The van der Waals surface area contributed by atoms with Crippen molar-refractivity contribution in [1.82, 2.24) is 4.98 Å². The lowest BCUT2D eigenvalue weighted by Crippen LogP contribution is -2.38. The summed E-state index contributed by atoms with van der Waals surface area (Å²) >= 11 is 0. The molecule has 0 saturated carbocycles. The van der Waals surface area contributed by atoms with Crippen LogP contribution < -0.4 is 14.8 Å². The molecule has 32 heavy (non-hydrogen) atoms. The quantitative estimate of drug-likeness (QED) is 0.467. The topological polar surface area (TPSA) is 85.5 Å². The molecular weight excluding hydrogens is 422 g/mol. The Balaban J connectivity index is 2.03. The Morgan fingerprint density at radius 3 is 2.38 bits per heavy atom. The lowest BCUT2D eigenvalue weighted by Gasteiger charge is -2.29. The van der Waals surface area contributed by atoms with Crippen LogP contribution in [0, 0.1) is 0 Å². The second-order valence-electron chi connectivity index (χ2n) is 7.01. The molecule has 2 N–H and O–H groups in total. The molecule has 3 rings (SSSR count). The molecule has 0 radical (unpaired) electrons. The first-order valence-corrected chi connectivity index (χ1v) is 11.7. The third-order valence-electron chi connectivity index (χ3n) is 4.99. The molecule has 1 atom stereocenters. The molecule has 0 aliphatic heterocycles. The summed E-state index contributed by atoms with van der Waals surface area (Å²) < 4.78 is 34.1. The van der Waals surface area contributed by atoms with E-state index in [1.54, 1.807) is 49.8 Å². The molecule has 6 nitrogen and oxygen atoms in total. The first-order valence-electron chi connectivity index (χ1n) is 10.2. The van der Waals surface area contributed by atoms with E-state index >= 15 is 0 Å². The molecule has 0 aliphatic carbocycles. The van der Waals surface area contributed by atoms with Gasteiger partial charge in [-0.3, -0.25) is 9.29 Å². The van der Waals surface area contributed by atoms with E-state index in [0.717, 1.165) is 11.1 Å². The molecule has 0 bridgehead atoms. The molecule has 1 unspecified atom stereocenters. The highest BCUT2D eigenvalue weighted by atomic mass is 32.2. The van der Waals surface area contributed by atoms with Crippen molar-refractivity contribution in [3.63, 3.8) is 0 Å². The summed E-state index contributed by atoms with van der Waals surface area (Å²) in [5.74, 6) is 0.652. The number of hydrogen-bond acceptors (Lipinski definition) is 5. The van der Waals surface area contributed by atoms with Gasteiger partial charge >= 0.3 is 0 Å². The highest BCUT2D eigenvalue weighted by Gasteiger charge is 2.32. The molecule has 2 aromatic carbocycles. The van der Waals surface area contributed by atoms with Crippen molar-refractivity contribution in [2.24, 2.45) is 5.73 Å². The van der Waals surface area contributed by atoms with Gasteiger partial charge in [-0.25, -0.2) is 8.42 Å². The number of para-hydroxylation sites is 1. The van der Waals surface area contributed by atoms with Gasteiger partial charge in [0.1, 0.15) is 11.0 Å². The zero-order valence-corrected chi connectivity index (χ0v) is 18.8. The van der Waals surface area contributed by atoms with Gasteiger partial charge in [0.2, 0.25) is 10.0 Å². The molecular formula is C25H27N3O3S. The van der Waals surface area contributed by atoms with E-state index in [2.05, 4.69) is 11.6 Å². The molecule has 7 heteroatoms. The fraction of sp³-hybridized carbons (Fsp3) is 0.160. The molecule has 1 aromatic heterocycles. The zero-order chi connectivity index (χ0) is 23.0. The van der Waals surface area contributed by atoms with Crippen LogP contribution in [0.1, 0.15) is 21.9 Å². The predicted molar refractivity (Wildman–Crippen MR) is 131 cm³/mol. The van der Waals surface area contributed by atoms with Crippen LogP contribution in [0.5, 0.6) is 5.75 Å². The summed E-state index contributed by atoms with van der Waals surface area (Å²) in [5, 5.41) is -0.933. The Morgan fingerprint density at radius 2 is 1.75 bits per heavy atom. The average Bonchev–Trinajstić information content (AvgIpc) is 2.83. The van der Waals surface area contributed by atoms with Gasteiger partial charge < -0.3 is 10.5 Å². The van der Waals surface area contributed by atoms with Crippen LogP contribution in [0.15, 0.2) is 85.7 Å². The number of hydrogen-bond donors (Lipinski definition) is 1. The maximum Gasteiger partial charge on any atom is 0.245 e. The Morgan fingerprint density at radius 1 is 1.06 bits per heavy atom. The van der Waals surface area contributed by atoms with Gasteiger partial charge in [0.25, 0.3) is 0 Å². The Kier molecular flexibility index (Phi) is 7.81. The van der Waals surface area contributed by atoms with Crippen LogP contribution in [0.4, 0.5) is 5.69 Å². The number of benzene rings is 2. The van der Waals surface area contributed by atoms with Gasteiger partial charge in [-0.05, 0) is 47.0 Å². The maximum atomic E-state index is 13.8. The minimum atomic E-state index is -3.86. The zero-order valence-electron chi connectivity index (χ0n) is 18.0. The van der Waals surface area contributed by atoms with Crippen molar-refractivity contribution >= 4 is 27.9 Å². The number of anilines is 1. The first-order chi connectivity index (χ1) is 15.5. The Labute approximate surface area is 189 Å². The molecule has 166 valence electrons. The summed E-state index contributed by atoms with van der Waals surface area (Å²) in [7, 11) is -2.29. The van der Waals surface area contributed by atoms with Gasteiger partial charge in [0, 0.05) is 25.5 Å². The number of nitrogens with zero attached hydrogens (tertiary/aromatic N) is 2. The lowest BCUT2D eigenvalue weighted by atomic mass is 10.1. The highest BCUT2D eigenvalue weighted by molar-refractivity contribution is 7.93. The number of rotatable bonds is 10. The molecule has 0 saturated heterocycles. The fourth-order valence-corrected chi connectivity index (χ4v) is 5.20. The Hall–Kier alpha value is -3.42. The van der Waals surface area contributed by atoms with Crippen molar-refractivity contribution < 1.29 is 13.2 Å². The summed E-state index contributed by atoms with van der Waals surface area (Å²) in [6.07, 6.45) is 8.67. The fourth-order valence-electron chi connectivity index (χ4n) is 3.38. The summed E-state index contributed by atoms with van der Waals surface area (Å²) in [6.45, 7) is 4.11. The minimum Gasteiger partial charge on any atom is -0.497 e. The van der Waals surface area contributed by atoms with Crippen molar-refractivity contribution in [3.8, 4) is 5.75 Å². The standard InChI is InChI=1S/C25H27N3O3S/c1-3-25(22-10-12-23(31-2)13-11-22)32(29,30)28(19-16-26)24-7-5-4-6-21(24)9-8-20-14-17-27-18-15-20/h3-15,17-18,25H,1,16,19,26H2,2H3. The van der Waals surface area contributed by atoms with Crippen molar-refractivity contribution in [3.05, 3.63) is 102 Å². The summed E-state index contributed by atoms with van der Waals surface area (Å²) in [6, 6.07) is 18.1. The van der Waals surface area contributed by atoms with E-state index < -0.39 is 15.3 Å². The maximum absolute atomic E-state index is 13.8. The molecule has 3 aromatic rings. The second kappa shape index (κ2) is 10.7. The third-order valence-corrected chi connectivity index (χ3v) is 7.09. The number of ether oxygens (including phenoxy) is 1. The van der Waals surface area contributed by atoms with Crippen LogP contribution in [0.2, 0.25) is 0 Å². The smallest absolute Gasteiger partial charge is 0.245 e.